The molecule has 188 valence electrons. The van der Waals surface area contributed by atoms with E-state index in [-0.39, 0.29) is 5.91 Å². The topological polar surface area (TPSA) is 68.4 Å². The molecular weight excluding hydrogens is 481 g/mol. The fourth-order valence-corrected chi connectivity index (χ4v) is 5.08. The van der Waals surface area contributed by atoms with Crippen LogP contribution in [0, 0.1) is 0 Å². The van der Waals surface area contributed by atoms with Crippen LogP contribution in [-0.2, 0) is 6.42 Å². The molecule has 0 radical (unpaired) electrons. The van der Waals surface area contributed by atoms with Gasteiger partial charge in [-0.2, -0.15) is 0 Å². The van der Waals surface area contributed by atoms with Gasteiger partial charge >= 0.3 is 0 Å². The van der Waals surface area contributed by atoms with Gasteiger partial charge in [-0.1, -0.05) is 35.7 Å². The number of hydrogen-bond donors (Lipinski definition) is 4. The molecule has 35 heavy (non-hydrogen) atoms. The highest BCUT2D eigenvalue weighted by atomic mass is 35.5. The molecule has 2 fully saturated rings. The van der Waals surface area contributed by atoms with Crippen LogP contribution in [0.5, 0.6) is 0 Å². The van der Waals surface area contributed by atoms with Crippen LogP contribution in [0.3, 0.4) is 0 Å². The molecule has 2 saturated heterocycles. The van der Waals surface area contributed by atoms with E-state index < -0.39 is 0 Å². The number of piperazine rings is 1. The van der Waals surface area contributed by atoms with Crippen molar-refractivity contribution in [3.63, 3.8) is 0 Å². The Bertz CT molecular complexity index is 1020. The van der Waals surface area contributed by atoms with Crippen LogP contribution in [0.15, 0.2) is 54.4 Å². The summed E-state index contributed by atoms with van der Waals surface area (Å²) in [6.07, 6.45) is 6.64. The molecule has 4 N–H and O–H groups in total. The monoisotopic (exact) mass is 515 g/mol. The number of benzene rings is 2. The molecule has 2 aromatic carbocycles. The molecule has 2 aliphatic heterocycles. The quantitative estimate of drug-likeness (QED) is 0.411. The number of carbonyl (C=O) groups excluding carboxylic acids is 1. The standard InChI is InChI=1S/C27H35Cl2N5O/c1-19-18-34(15-14-30-19)26(17-24-4-2-3-12-31-24)33-23-9-6-21(7-10-23)27(35)32-13-11-20-5-8-22(28)16-25(20)29/h5-10,16-17,19,24,30-31,33H,2-4,11-15,18H2,1H3,(H,32,35)/t19-,24?/m0/s1. The molecule has 0 saturated carbocycles. The van der Waals surface area contributed by atoms with Crippen LogP contribution < -0.4 is 21.3 Å². The third-order valence-electron chi connectivity index (χ3n) is 6.53. The highest BCUT2D eigenvalue weighted by molar-refractivity contribution is 6.35. The third-order valence-corrected chi connectivity index (χ3v) is 7.12. The maximum Gasteiger partial charge on any atom is 0.251 e. The largest absolute Gasteiger partial charge is 0.356 e. The van der Waals surface area contributed by atoms with Gasteiger partial charge in [-0.25, -0.2) is 0 Å². The fraction of sp³-hybridized carbons (Fsp3) is 0.444. The second kappa shape index (κ2) is 12.6. The number of anilines is 1. The average molecular weight is 517 g/mol. The second-order valence-electron chi connectivity index (χ2n) is 9.35. The number of nitrogens with one attached hydrogen (secondary N) is 4. The Morgan fingerprint density at radius 1 is 1.11 bits per heavy atom. The van der Waals surface area contributed by atoms with E-state index in [1.165, 1.54) is 12.8 Å². The van der Waals surface area contributed by atoms with E-state index >= 15 is 0 Å². The number of rotatable bonds is 8. The lowest BCUT2D eigenvalue weighted by atomic mass is 10.0. The normalized spacial score (nSPS) is 21.0. The Labute approximate surface area is 218 Å². The zero-order chi connectivity index (χ0) is 24.6. The minimum absolute atomic E-state index is 0.0975. The van der Waals surface area contributed by atoms with Gasteiger partial charge in [0, 0.05) is 59.6 Å². The molecule has 2 atom stereocenters. The molecule has 6 nitrogen and oxygen atoms in total. The lowest BCUT2D eigenvalue weighted by Gasteiger charge is -2.36. The van der Waals surface area contributed by atoms with Crippen LogP contribution in [0.2, 0.25) is 10.0 Å². The van der Waals surface area contributed by atoms with E-state index in [0.29, 0.717) is 40.7 Å². The van der Waals surface area contributed by atoms with Gasteiger partial charge in [0.2, 0.25) is 0 Å². The average Bonchev–Trinajstić information content (AvgIpc) is 2.86. The maximum atomic E-state index is 12.6. The summed E-state index contributed by atoms with van der Waals surface area (Å²) in [6, 6.07) is 13.9. The first kappa shape index (κ1) is 25.8. The van der Waals surface area contributed by atoms with Gasteiger partial charge in [0.15, 0.2) is 0 Å². The first-order valence-corrected chi connectivity index (χ1v) is 13.3. The van der Waals surface area contributed by atoms with E-state index in [0.717, 1.165) is 49.7 Å². The molecule has 2 heterocycles. The molecule has 1 unspecified atom stereocenters. The molecule has 0 bridgehead atoms. The van der Waals surface area contributed by atoms with Gasteiger partial charge in [0.05, 0.1) is 0 Å². The van der Waals surface area contributed by atoms with Gasteiger partial charge in [0.1, 0.15) is 5.82 Å². The van der Waals surface area contributed by atoms with Crippen LogP contribution in [-0.4, -0.2) is 55.6 Å². The SMILES string of the molecule is C[C@H]1CN(C(=CC2CCCCN2)Nc2ccc(C(=O)NCCc3ccc(Cl)cc3Cl)cc2)CCN1. The van der Waals surface area contributed by atoms with Crippen LogP contribution >= 0.6 is 23.2 Å². The van der Waals surface area contributed by atoms with E-state index in [1.807, 2.05) is 36.4 Å². The zero-order valence-corrected chi connectivity index (χ0v) is 21.8. The first-order chi connectivity index (χ1) is 17.0. The number of nitrogens with zero attached hydrogens (tertiary/aromatic N) is 1. The van der Waals surface area contributed by atoms with Crippen molar-refractivity contribution >= 4 is 34.8 Å². The zero-order valence-electron chi connectivity index (χ0n) is 20.2. The van der Waals surface area contributed by atoms with Crippen LogP contribution in [0.4, 0.5) is 5.69 Å². The summed E-state index contributed by atoms with van der Waals surface area (Å²) in [4.78, 5) is 15.0. The molecule has 2 aliphatic rings. The molecule has 1 amide bonds. The summed E-state index contributed by atoms with van der Waals surface area (Å²) in [5, 5.41) is 15.0. The van der Waals surface area contributed by atoms with Gasteiger partial charge < -0.3 is 26.2 Å². The minimum atomic E-state index is -0.0975. The van der Waals surface area contributed by atoms with E-state index in [2.05, 4.69) is 39.2 Å². The Kier molecular flexibility index (Phi) is 9.32. The molecule has 8 heteroatoms. The third kappa shape index (κ3) is 7.61. The maximum absolute atomic E-state index is 12.6. The molecule has 0 aromatic heterocycles. The Balaban J connectivity index is 1.36. The molecule has 0 aliphatic carbocycles. The van der Waals surface area contributed by atoms with Gasteiger partial charge in [-0.05, 0) is 80.8 Å². The molecule has 2 aromatic rings. The summed E-state index contributed by atoms with van der Waals surface area (Å²) in [6.45, 7) is 6.69. The van der Waals surface area contributed by atoms with Crippen molar-refractivity contribution in [2.75, 3.05) is 38.0 Å². The van der Waals surface area contributed by atoms with Crippen molar-refractivity contribution in [3.8, 4) is 0 Å². The fourth-order valence-electron chi connectivity index (χ4n) is 4.58. The van der Waals surface area contributed by atoms with E-state index in [9.17, 15) is 4.79 Å². The van der Waals surface area contributed by atoms with Gasteiger partial charge in [-0.3, -0.25) is 4.79 Å². The number of hydrogen-bond acceptors (Lipinski definition) is 5. The summed E-state index contributed by atoms with van der Waals surface area (Å²) in [7, 11) is 0. The molecule has 4 rings (SSSR count). The highest BCUT2D eigenvalue weighted by Gasteiger charge is 2.20. The van der Waals surface area contributed by atoms with Crippen molar-refractivity contribution in [2.24, 2.45) is 0 Å². The molecule has 0 spiro atoms. The minimum Gasteiger partial charge on any atom is -0.356 e. The van der Waals surface area contributed by atoms with Gasteiger partial charge in [0.25, 0.3) is 5.91 Å². The van der Waals surface area contributed by atoms with Crippen molar-refractivity contribution in [2.45, 2.75) is 44.7 Å². The summed E-state index contributed by atoms with van der Waals surface area (Å²) < 4.78 is 0. The number of carbonyl (C=O) groups is 1. The Hall–Kier alpha value is -2.25. The van der Waals surface area contributed by atoms with Crippen molar-refractivity contribution in [1.29, 1.82) is 0 Å². The lowest BCUT2D eigenvalue weighted by Crippen LogP contribution is -2.50. The number of halogens is 2. The Morgan fingerprint density at radius 3 is 2.66 bits per heavy atom. The first-order valence-electron chi connectivity index (χ1n) is 12.5. The van der Waals surface area contributed by atoms with E-state index in [1.54, 1.807) is 6.07 Å². The van der Waals surface area contributed by atoms with Crippen LogP contribution in [0.1, 0.15) is 42.1 Å². The van der Waals surface area contributed by atoms with Crippen molar-refractivity contribution in [1.82, 2.24) is 20.9 Å². The number of amides is 1. The highest BCUT2D eigenvalue weighted by Crippen LogP contribution is 2.21. The number of piperidine rings is 1. The van der Waals surface area contributed by atoms with Crippen molar-refractivity contribution < 1.29 is 4.79 Å². The predicted molar refractivity (Wildman–Crippen MR) is 145 cm³/mol. The predicted octanol–water partition coefficient (Wildman–Crippen LogP) is 4.66. The lowest BCUT2D eigenvalue weighted by molar-refractivity contribution is 0.0954. The summed E-state index contributed by atoms with van der Waals surface area (Å²) in [5.74, 6) is 1.04. The Morgan fingerprint density at radius 2 is 1.94 bits per heavy atom. The smallest absolute Gasteiger partial charge is 0.251 e. The van der Waals surface area contributed by atoms with Crippen LogP contribution in [0.25, 0.3) is 0 Å². The van der Waals surface area contributed by atoms with E-state index in [4.69, 9.17) is 23.2 Å². The molecular formula is C27H35Cl2N5O. The van der Waals surface area contributed by atoms with Crippen molar-refractivity contribution in [3.05, 3.63) is 75.5 Å². The van der Waals surface area contributed by atoms with Gasteiger partial charge in [-0.15, -0.1) is 0 Å². The summed E-state index contributed by atoms with van der Waals surface area (Å²) >= 11 is 12.2. The second-order valence-corrected chi connectivity index (χ2v) is 10.2. The summed E-state index contributed by atoms with van der Waals surface area (Å²) in [5.41, 5.74) is 2.57.